The lowest BCUT2D eigenvalue weighted by molar-refractivity contribution is 0.0485. The number of anilines is 1. The zero-order chi connectivity index (χ0) is 21.3. The maximum atomic E-state index is 13.5. The number of amides is 1. The van der Waals surface area contributed by atoms with E-state index in [1.165, 1.54) is 0 Å². The van der Waals surface area contributed by atoms with Gasteiger partial charge in [-0.05, 0) is 55.7 Å². The van der Waals surface area contributed by atoms with Crippen LogP contribution in [0.1, 0.15) is 34.5 Å². The molecule has 0 radical (unpaired) electrons. The first kappa shape index (κ1) is 20.9. The molecule has 6 heteroatoms. The number of nitrogens with zero attached hydrogens (tertiary/aromatic N) is 2. The number of ether oxygens (including phenoxy) is 1. The van der Waals surface area contributed by atoms with Crippen LogP contribution in [0.5, 0.6) is 0 Å². The number of hydrogen-bond acceptors (Lipinski definition) is 4. The molecule has 0 saturated carbocycles. The molecule has 30 heavy (non-hydrogen) atoms. The van der Waals surface area contributed by atoms with Gasteiger partial charge >= 0.3 is 0 Å². The predicted molar refractivity (Wildman–Crippen MR) is 123 cm³/mol. The van der Waals surface area contributed by atoms with Gasteiger partial charge in [-0.2, -0.15) is 0 Å². The molecular formula is C24H27BrN2O3. The Kier molecular flexibility index (Phi) is 6.16. The van der Waals surface area contributed by atoms with Crippen LogP contribution in [0, 0.1) is 6.92 Å². The minimum Gasteiger partial charge on any atom is -0.451 e. The fraction of sp³-hybridized carbons (Fsp3) is 0.375. The van der Waals surface area contributed by atoms with E-state index in [2.05, 4.69) is 45.1 Å². The van der Waals surface area contributed by atoms with Crippen molar-refractivity contribution in [1.82, 2.24) is 4.90 Å². The van der Waals surface area contributed by atoms with Gasteiger partial charge in [0, 0.05) is 54.9 Å². The number of halogens is 1. The summed E-state index contributed by atoms with van der Waals surface area (Å²) in [4.78, 5) is 17.5. The maximum Gasteiger partial charge on any atom is 0.290 e. The SMILES string of the molecule is Cc1c(C(=O)N(Cc2ccc(N(C)C)cc2)CC2CCCO2)oc2cc(Br)ccc12. The number of fused-ring (bicyclic) bond motifs is 1. The monoisotopic (exact) mass is 470 g/mol. The van der Waals surface area contributed by atoms with E-state index >= 15 is 0 Å². The predicted octanol–water partition coefficient (Wildman–Crippen LogP) is 5.39. The van der Waals surface area contributed by atoms with Crippen molar-refractivity contribution in [2.75, 3.05) is 32.1 Å². The van der Waals surface area contributed by atoms with Crippen LogP contribution >= 0.6 is 15.9 Å². The molecule has 0 bridgehead atoms. The smallest absolute Gasteiger partial charge is 0.290 e. The van der Waals surface area contributed by atoms with E-state index in [-0.39, 0.29) is 12.0 Å². The first-order valence-electron chi connectivity index (χ1n) is 10.3. The lowest BCUT2D eigenvalue weighted by Gasteiger charge is -2.25. The van der Waals surface area contributed by atoms with Crippen molar-refractivity contribution in [2.45, 2.75) is 32.4 Å². The van der Waals surface area contributed by atoms with Crippen molar-refractivity contribution in [1.29, 1.82) is 0 Å². The number of benzene rings is 2. The second-order valence-electron chi connectivity index (χ2n) is 8.08. The maximum absolute atomic E-state index is 13.5. The minimum atomic E-state index is -0.0907. The minimum absolute atomic E-state index is 0.0776. The van der Waals surface area contributed by atoms with Gasteiger partial charge in [0.15, 0.2) is 5.76 Å². The quantitative estimate of drug-likeness (QED) is 0.484. The molecule has 158 valence electrons. The van der Waals surface area contributed by atoms with Crippen LogP contribution in [0.25, 0.3) is 11.0 Å². The second kappa shape index (κ2) is 8.82. The molecule has 1 fully saturated rings. The largest absolute Gasteiger partial charge is 0.451 e. The van der Waals surface area contributed by atoms with Crippen LogP contribution < -0.4 is 4.90 Å². The van der Waals surface area contributed by atoms with E-state index in [0.29, 0.717) is 18.8 Å². The molecule has 1 aliphatic heterocycles. The molecule has 1 atom stereocenters. The average molecular weight is 471 g/mol. The van der Waals surface area contributed by atoms with Gasteiger partial charge in [-0.25, -0.2) is 0 Å². The van der Waals surface area contributed by atoms with Crippen LogP contribution in [0.4, 0.5) is 5.69 Å². The zero-order valence-corrected chi connectivity index (χ0v) is 19.2. The van der Waals surface area contributed by atoms with E-state index in [1.54, 1.807) is 0 Å². The lowest BCUT2D eigenvalue weighted by Crippen LogP contribution is -2.37. The standard InChI is InChI=1S/C24H27BrN2O3/c1-16-21-11-8-18(25)13-22(21)30-23(16)24(28)27(15-20-5-4-12-29-20)14-17-6-9-19(10-7-17)26(2)3/h6-11,13,20H,4-5,12,14-15H2,1-3H3. The van der Waals surface area contributed by atoms with Gasteiger partial charge in [-0.3, -0.25) is 4.79 Å². The van der Waals surface area contributed by atoms with Gasteiger partial charge in [0.1, 0.15) is 5.58 Å². The third-order valence-corrected chi connectivity index (χ3v) is 6.15. The summed E-state index contributed by atoms with van der Waals surface area (Å²) in [7, 11) is 4.04. The van der Waals surface area contributed by atoms with Gasteiger partial charge in [-0.1, -0.05) is 28.1 Å². The summed E-state index contributed by atoms with van der Waals surface area (Å²) in [6, 6.07) is 14.2. The summed E-state index contributed by atoms with van der Waals surface area (Å²) < 4.78 is 12.8. The number of carbonyl (C=O) groups excluding carboxylic acids is 1. The van der Waals surface area contributed by atoms with Crippen molar-refractivity contribution >= 4 is 38.5 Å². The Balaban J connectivity index is 1.63. The molecule has 5 nitrogen and oxygen atoms in total. The van der Waals surface area contributed by atoms with Crippen LogP contribution in [0.2, 0.25) is 0 Å². The van der Waals surface area contributed by atoms with E-state index in [9.17, 15) is 4.79 Å². The third-order valence-electron chi connectivity index (χ3n) is 5.66. The van der Waals surface area contributed by atoms with Crippen molar-refractivity contribution in [3.63, 3.8) is 0 Å². The Morgan fingerprint density at radius 1 is 1.17 bits per heavy atom. The van der Waals surface area contributed by atoms with Crippen LogP contribution in [0.3, 0.4) is 0 Å². The molecule has 4 rings (SSSR count). The number of hydrogen-bond donors (Lipinski definition) is 0. The fourth-order valence-electron chi connectivity index (χ4n) is 3.92. The summed E-state index contributed by atoms with van der Waals surface area (Å²) >= 11 is 3.48. The topological polar surface area (TPSA) is 45.9 Å². The zero-order valence-electron chi connectivity index (χ0n) is 17.7. The molecule has 1 aromatic heterocycles. The van der Waals surface area contributed by atoms with Gasteiger partial charge in [0.25, 0.3) is 5.91 Å². The number of aryl methyl sites for hydroxylation is 1. The van der Waals surface area contributed by atoms with Gasteiger partial charge in [0.05, 0.1) is 6.10 Å². The molecule has 0 aliphatic carbocycles. The molecular weight excluding hydrogens is 444 g/mol. The highest BCUT2D eigenvalue weighted by molar-refractivity contribution is 9.10. The Bertz CT molecular complexity index is 1040. The van der Waals surface area contributed by atoms with E-state index < -0.39 is 0 Å². The van der Waals surface area contributed by atoms with Crippen molar-refractivity contribution in [3.8, 4) is 0 Å². The molecule has 1 saturated heterocycles. The summed E-state index contributed by atoms with van der Waals surface area (Å²) in [6.07, 6.45) is 2.10. The molecule has 0 spiro atoms. The molecule has 1 aliphatic rings. The first-order valence-corrected chi connectivity index (χ1v) is 11.1. The number of furan rings is 1. The third kappa shape index (κ3) is 4.40. The molecule has 2 aromatic carbocycles. The Hall–Kier alpha value is -2.31. The normalized spacial score (nSPS) is 16.2. The van der Waals surface area contributed by atoms with Crippen LogP contribution in [-0.2, 0) is 11.3 Å². The first-order chi connectivity index (χ1) is 14.4. The van der Waals surface area contributed by atoms with Gasteiger partial charge < -0.3 is 19.0 Å². The van der Waals surface area contributed by atoms with Gasteiger partial charge in [-0.15, -0.1) is 0 Å². The summed E-state index contributed by atoms with van der Waals surface area (Å²) in [5.41, 5.74) is 3.82. The van der Waals surface area contributed by atoms with Crippen molar-refractivity contribution in [3.05, 3.63) is 63.8 Å². The molecule has 2 heterocycles. The molecule has 0 N–H and O–H groups in total. The van der Waals surface area contributed by atoms with Gasteiger partial charge in [0.2, 0.25) is 0 Å². The Labute approximate surface area is 185 Å². The summed E-state index contributed by atoms with van der Waals surface area (Å²) in [5.74, 6) is 0.318. The highest BCUT2D eigenvalue weighted by Crippen LogP contribution is 2.29. The number of rotatable bonds is 6. The van der Waals surface area contributed by atoms with E-state index in [4.69, 9.17) is 9.15 Å². The number of carbonyl (C=O) groups is 1. The fourth-order valence-corrected chi connectivity index (χ4v) is 4.26. The summed E-state index contributed by atoms with van der Waals surface area (Å²) in [5, 5.41) is 0.967. The molecule has 1 amide bonds. The lowest BCUT2D eigenvalue weighted by atomic mass is 10.1. The van der Waals surface area contributed by atoms with E-state index in [0.717, 1.165) is 51.7 Å². The molecule has 1 unspecified atom stereocenters. The Morgan fingerprint density at radius 2 is 1.93 bits per heavy atom. The highest BCUT2D eigenvalue weighted by Gasteiger charge is 2.27. The highest BCUT2D eigenvalue weighted by atomic mass is 79.9. The summed E-state index contributed by atoms with van der Waals surface area (Å²) in [6.45, 7) is 3.80. The van der Waals surface area contributed by atoms with Crippen LogP contribution in [-0.4, -0.2) is 44.2 Å². The van der Waals surface area contributed by atoms with Crippen molar-refractivity contribution in [2.24, 2.45) is 0 Å². The molecule has 3 aromatic rings. The van der Waals surface area contributed by atoms with E-state index in [1.807, 2.05) is 44.1 Å². The second-order valence-corrected chi connectivity index (χ2v) is 8.99. The Morgan fingerprint density at radius 3 is 2.60 bits per heavy atom. The van der Waals surface area contributed by atoms with Crippen LogP contribution in [0.15, 0.2) is 51.4 Å². The van der Waals surface area contributed by atoms with Crippen molar-refractivity contribution < 1.29 is 13.9 Å². The average Bonchev–Trinajstić information content (AvgIpc) is 3.35.